The maximum Gasteiger partial charge on any atom is 0.240 e. The highest BCUT2D eigenvalue weighted by Gasteiger charge is 2.24. The average molecular weight is 378 g/mol. The van der Waals surface area contributed by atoms with Crippen LogP contribution in [0.1, 0.15) is 24.5 Å². The molecule has 2 atom stereocenters. The van der Waals surface area contributed by atoms with E-state index in [0.717, 1.165) is 11.1 Å². The number of hydrogen-bond acceptors (Lipinski definition) is 4. The molecule has 0 saturated carbocycles. The van der Waals surface area contributed by atoms with Gasteiger partial charge in [-0.1, -0.05) is 55.0 Å². The first-order valence-corrected chi connectivity index (χ1v) is 10.2. The van der Waals surface area contributed by atoms with E-state index in [-0.39, 0.29) is 17.4 Å². The minimum atomic E-state index is -3.64. The average Bonchev–Trinajstić information content (AvgIpc) is 2.62. The highest BCUT2D eigenvalue weighted by molar-refractivity contribution is 7.89. The SMILES string of the molecule is Cc1ccc(S(=O)(=O)N[C@@H](CCO)[C@@H](C)COCc2ccccc2)cc1. The minimum absolute atomic E-state index is 0.0777. The quantitative estimate of drug-likeness (QED) is 0.668. The van der Waals surface area contributed by atoms with Gasteiger partial charge in [0.15, 0.2) is 0 Å². The Balaban J connectivity index is 1.96. The Bertz CT molecular complexity index is 760. The number of aliphatic hydroxyl groups excluding tert-OH is 1. The number of rotatable bonds is 10. The van der Waals surface area contributed by atoms with Gasteiger partial charge in [-0.3, -0.25) is 0 Å². The number of hydrogen-bond donors (Lipinski definition) is 2. The fourth-order valence-electron chi connectivity index (χ4n) is 2.64. The second kappa shape index (κ2) is 9.83. The van der Waals surface area contributed by atoms with Gasteiger partial charge < -0.3 is 9.84 Å². The zero-order chi connectivity index (χ0) is 19.0. The molecule has 6 heteroatoms. The number of sulfonamides is 1. The summed E-state index contributed by atoms with van der Waals surface area (Å²) in [4.78, 5) is 0.225. The Morgan fingerprint density at radius 3 is 2.35 bits per heavy atom. The van der Waals surface area contributed by atoms with Crippen molar-refractivity contribution in [1.82, 2.24) is 4.72 Å². The molecular weight excluding hydrogens is 350 g/mol. The monoisotopic (exact) mass is 377 g/mol. The summed E-state index contributed by atoms with van der Waals surface area (Å²) in [5.41, 5.74) is 2.07. The van der Waals surface area contributed by atoms with E-state index in [0.29, 0.717) is 19.6 Å². The maximum atomic E-state index is 12.6. The Hall–Kier alpha value is -1.73. The van der Waals surface area contributed by atoms with Crippen LogP contribution in [0.4, 0.5) is 0 Å². The fourth-order valence-corrected chi connectivity index (χ4v) is 4.02. The standard InChI is InChI=1S/C20H27NO4S/c1-16-8-10-19(11-9-16)26(23,24)21-20(12-13-22)17(2)14-25-15-18-6-4-3-5-7-18/h3-11,17,20-22H,12-15H2,1-2H3/t17-,20-/m0/s1. The summed E-state index contributed by atoms with van der Waals surface area (Å²) in [7, 11) is -3.64. The molecule has 0 unspecified atom stereocenters. The lowest BCUT2D eigenvalue weighted by Gasteiger charge is -2.24. The largest absolute Gasteiger partial charge is 0.396 e. The van der Waals surface area contributed by atoms with Crippen LogP contribution < -0.4 is 4.72 Å². The molecule has 0 aliphatic rings. The van der Waals surface area contributed by atoms with Gasteiger partial charge in [-0.05, 0) is 37.0 Å². The van der Waals surface area contributed by atoms with Crippen LogP contribution in [0.2, 0.25) is 0 Å². The normalized spacial score (nSPS) is 14.1. The molecule has 0 spiro atoms. The van der Waals surface area contributed by atoms with Crippen molar-refractivity contribution < 1.29 is 18.3 Å². The van der Waals surface area contributed by atoms with E-state index in [1.54, 1.807) is 24.3 Å². The third kappa shape index (κ3) is 6.21. The molecule has 2 aromatic carbocycles. The molecule has 0 aromatic heterocycles. The van der Waals surface area contributed by atoms with Crippen LogP contribution >= 0.6 is 0 Å². The lowest BCUT2D eigenvalue weighted by atomic mass is 10.0. The van der Waals surface area contributed by atoms with Crippen LogP contribution in [0.3, 0.4) is 0 Å². The van der Waals surface area contributed by atoms with Gasteiger partial charge in [0.1, 0.15) is 0 Å². The van der Waals surface area contributed by atoms with Gasteiger partial charge in [0.2, 0.25) is 10.0 Å². The number of benzene rings is 2. The second-order valence-corrected chi connectivity index (χ2v) is 8.25. The molecule has 0 saturated heterocycles. The molecule has 2 rings (SSSR count). The Labute approximate surface area is 156 Å². The van der Waals surface area contributed by atoms with Gasteiger partial charge >= 0.3 is 0 Å². The van der Waals surface area contributed by atoms with Crippen LogP contribution in [-0.2, 0) is 21.4 Å². The molecule has 0 fully saturated rings. The summed E-state index contributed by atoms with van der Waals surface area (Å²) < 4.78 is 33.6. The Morgan fingerprint density at radius 1 is 1.08 bits per heavy atom. The predicted octanol–water partition coefficient (Wildman–Crippen LogP) is 2.88. The molecule has 0 heterocycles. The van der Waals surface area contributed by atoms with Crippen molar-refractivity contribution in [3.63, 3.8) is 0 Å². The van der Waals surface area contributed by atoms with Crippen molar-refractivity contribution in [3.8, 4) is 0 Å². The van der Waals surface area contributed by atoms with E-state index < -0.39 is 16.1 Å². The summed E-state index contributed by atoms with van der Waals surface area (Å²) in [6, 6.07) is 16.1. The summed E-state index contributed by atoms with van der Waals surface area (Å²) in [5, 5.41) is 9.32. The maximum absolute atomic E-state index is 12.6. The van der Waals surface area contributed by atoms with Crippen molar-refractivity contribution in [2.45, 2.75) is 37.8 Å². The third-order valence-corrected chi connectivity index (χ3v) is 5.76. The Kier molecular flexibility index (Phi) is 7.78. The molecule has 0 bridgehead atoms. The van der Waals surface area contributed by atoms with E-state index >= 15 is 0 Å². The fraction of sp³-hybridized carbons (Fsp3) is 0.400. The van der Waals surface area contributed by atoms with Crippen molar-refractivity contribution in [2.75, 3.05) is 13.2 Å². The predicted molar refractivity (Wildman–Crippen MR) is 102 cm³/mol. The highest BCUT2D eigenvalue weighted by atomic mass is 32.2. The van der Waals surface area contributed by atoms with Crippen molar-refractivity contribution in [2.24, 2.45) is 5.92 Å². The topological polar surface area (TPSA) is 75.6 Å². The molecule has 0 radical (unpaired) electrons. The number of aliphatic hydroxyl groups is 1. The van der Waals surface area contributed by atoms with Crippen LogP contribution in [0.5, 0.6) is 0 Å². The summed E-state index contributed by atoms with van der Waals surface area (Å²) in [6.45, 7) is 4.61. The molecule has 5 nitrogen and oxygen atoms in total. The van der Waals surface area contributed by atoms with Crippen molar-refractivity contribution >= 4 is 10.0 Å². The van der Waals surface area contributed by atoms with E-state index in [2.05, 4.69) is 4.72 Å². The third-order valence-electron chi connectivity index (χ3n) is 4.26. The van der Waals surface area contributed by atoms with E-state index in [1.165, 1.54) is 0 Å². The number of ether oxygens (including phenoxy) is 1. The first-order chi connectivity index (χ1) is 12.4. The number of aryl methyl sites for hydroxylation is 1. The van der Waals surface area contributed by atoms with Crippen LogP contribution in [0, 0.1) is 12.8 Å². The minimum Gasteiger partial charge on any atom is -0.396 e. The first-order valence-electron chi connectivity index (χ1n) is 8.74. The molecule has 26 heavy (non-hydrogen) atoms. The molecule has 2 N–H and O–H groups in total. The van der Waals surface area contributed by atoms with E-state index in [1.807, 2.05) is 44.2 Å². The lowest BCUT2D eigenvalue weighted by Crippen LogP contribution is -2.41. The van der Waals surface area contributed by atoms with Crippen LogP contribution in [0.15, 0.2) is 59.5 Å². The zero-order valence-electron chi connectivity index (χ0n) is 15.3. The van der Waals surface area contributed by atoms with Gasteiger partial charge in [0, 0.05) is 12.6 Å². The summed E-state index contributed by atoms with van der Waals surface area (Å²) in [6.07, 6.45) is 0.334. The Morgan fingerprint density at radius 2 is 1.73 bits per heavy atom. The molecular formula is C20H27NO4S. The molecule has 2 aromatic rings. The van der Waals surface area contributed by atoms with Crippen molar-refractivity contribution in [3.05, 3.63) is 65.7 Å². The van der Waals surface area contributed by atoms with Crippen LogP contribution in [-0.4, -0.2) is 32.8 Å². The zero-order valence-corrected chi connectivity index (χ0v) is 16.1. The lowest BCUT2D eigenvalue weighted by molar-refractivity contribution is 0.0782. The summed E-state index contributed by atoms with van der Waals surface area (Å²) in [5.74, 6) is -0.0777. The van der Waals surface area contributed by atoms with E-state index in [4.69, 9.17) is 4.74 Å². The molecule has 0 aliphatic carbocycles. The van der Waals surface area contributed by atoms with Crippen LogP contribution in [0.25, 0.3) is 0 Å². The van der Waals surface area contributed by atoms with Gasteiger partial charge in [0.05, 0.1) is 18.1 Å². The van der Waals surface area contributed by atoms with E-state index in [9.17, 15) is 13.5 Å². The number of nitrogens with one attached hydrogen (secondary N) is 1. The first kappa shape index (κ1) is 20.6. The molecule has 0 amide bonds. The molecule has 0 aliphatic heterocycles. The summed E-state index contributed by atoms with van der Waals surface area (Å²) >= 11 is 0. The highest BCUT2D eigenvalue weighted by Crippen LogP contribution is 2.15. The van der Waals surface area contributed by atoms with Gasteiger partial charge in [-0.15, -0.1) is 0 Å². The molecule has 142 valence electrons. The second-order valence-electron chi connectivity index (χ2n) is 6.53. The van der Waals surface area contributed by atoms with Gasteiger partial charge in [-0.25, -0.2) is 13.1 Å². The van der Waals surface area contributed by atoms with Gasteiger partial charge in [-0.2, -0.15) is 0 Å². The van der Waals surface area contributed by atoms with Crippen molar-refractivity contribution in [1.29, 1.82) is 0 Å². The smallest absolute Gasteiger partial charge is 0.240 e. The van der Waals surface area contributed by atoms with Gasteiger partial charge in [0.25, 0.3) is 0 Å².